The Labute approximate surface area is 152 Å². The fraction of sp³-hybridized carbons (Fsp3) is 0.263. The summed E-state index contributed by atoms with van der Waals surface area (Å²) in [6.07, 6.45) is 0. The molecule has 2 aromatic rings. The Hall–Kier alpha value is -3.22. The van der Waals surface area contributed by atoms with Crippen molar-refractivity contribution in [1.82, 2.24) is 5.32 Å². The highest BCUT2D eigenvalue weighted by atomic mass is 16.5. The van der Waals surface area contributed by atoms with Gasteiger partial charge in [-0.1, -0.05) is 12.1 Å². The number of nitrogens with one attached hydrogen (secondary N) is 3. The first-order valence-electron chi connectivity index (χ1n) is 8.09. The maximum atomic E-state index is 12.3. The van der Waals surface area contributed by atoms with Crippen LogP contribution in [0.15, 0.2) is 42.5 Å². The molecular formula is C19H23N3O4. The number of carbonyl (C=O) groups is 2. The smallest absolute Gasteiger partial charge is 0.319 e. The van der Waals surface area contributed by atoms with Crippen LogP contribution in [0.3, 0.4) is 0 Å². The van der Waals surface area contributed by atoms with Crippen LogP contribution in [0.4, 0.5) is 16.2 Å². The third-order valence-corrected chi connectivity index (χ3v) is 3.66. The van der Waals surface area contributed by atoms with Gasteiger partial charge in [0.15, 0.2) is 0 Å². The molecule has 7 nitrogen and oxygen atoms in total. The first-order valence-corrected chi connectivity index (χ1v) is 8.09. The number of hydrogen-bond acceptors (Lipinski definition) is 4. The van der Waals surface area contributed by atoms with Gasteiger partial charge in [0.2, 0.25) is 5.91 Å². The maximum Gasteiger partial charge on any atom is 0.319 e. The second kappa shape index (κ2) is 8.75. The molecule has 0 saturated heterocycles. The molecule has 3 N–H and O–H groups in total. The minimum atomic E-state index is -0.363. The van der Waals surface area contributed by atoms with Crippen LogP contribution < -0.4 is 25.4 Å². The largest absolute Gasteiger partial charge is 0.497 e. The number of hydrogen-bond donors (Lipinski definition) is 3. The summed E-state index contributed by atoms with van der Waals surface area (Å²) in [6, 6.07) is 11.8. The first kappa shape index (κ1) is 19.1. The van der Waals surface area contributed by atoms with Gasteiger partial charge in [-0.25, -0.2) is 4.79 Å². The molecular weight excluding hydrogens is 334 g/mol. The molecule has 0 radical (unpaired) electrons. The predicted octanol–water partition coefficient (Wildman–Crippen LogP) is 3.54. The number of anilines is 2. The molecule has 2 aromatic carbocycles. The summed E-state index contributed by atoms with van der Waals surface area (Å²) in [5.74, 6) is 1.01. The van der Waals surface area contributed by atoms with Crippen molar-refractivity contribution in [3.8, 4) is 11.5 Å². The monoisotopic (exact) mass is 357 g/mol. The van der Waals surface area contributed by atoms with E-state index in [2.05, 4.69) is 16.0 Å². The summed E-state index contributed by atoms with van der Waals surface area (Å²) in [4.78, 5) is 23.5. The van der Waals surface area contributed by atoms with Crippen molar-refractivity contribution in [3.63, 3.8) is 0 Å². The van der Waals surface area contributed by atoms with Crippen LogP contribution in [-0.4, -0.2) is 26.2 Å². The Balaban J connectivity index is 2.04. The summed E-state index contributed by atoms with van der Waals surface area (Å²) in [7, 11) is 3.09. The summed E-state index contributed by atoms with van der Waals surface area (Å²) in [6.45, 7) is 3.31. The van der Waals surface area contributed by atoms with Crippen molar-refractivity contribution in [2.45, 2.75) is 19.9 Å². The lowest BCUT2D eigenvalue weighted by atomic mass is 10.1. The average molecular weight is 357 g/mol. The molecule has 0 aliphatic rings. The van der Waals surface area contributed by atoms with Crippen LogP contribution in [0.25, 0.3) is 0 Å². The average Bonchev–Trinajstić information content (AvgIpc) is 2.60. The molecule has 0 aliphatic carbocycles. The van der Waals surface area contributed by atoms with Gasteiger partial charge in [0.25, 0.3) is 0 Å². The van der Waals surface area contributed by atoms with E-state index in [-0.39, 0.29) is 18.0 Å². The van der Waals surface area contributed by atoms with Gasteiger partial charge < -0.3 is 25.4 Å². The van der Waals surface area contributed by atoms with E-state index in [1.165, 1.54) is 6.92 Å². The lowest BCUT2D eigenvalue weighted by Crippen LogP contribution is -2.31. The maximum absolute atomic E-state index is 12.3. The van der Waals surface area contributed by atoms with E-state index >= 15 is 0 Å². The van der Waals surface area contributed by atoms with Gasteiger partial charge in [-0.05, 0) is 24.6 Å². The number of ether oxygens (including phenoxy) is 2. The molecule has 0 aliphatic heterocycles. The summed E-state index contributed by atoms with van der Waals surface area (Å²) < 4.78 is 10.4. The van der Waals surface area contributed by atoms with Gasteiger partial charge in [-0.15, -0.1) is 0 Å². The summed E-state index contributed by atoms with van der Waals surface area (Å²) >= 11 is 0. The highest BCUT2D eigenvalue weighted by Crippen LogP contribution is 2.26. The number of carbonyl (C=O) groups excluding carboxylic acids is 2. The summed E-state index contributed by atoms with van der Waals surface area (Å²) in [5, 5.41) is 8.34. The summed E-state index contributed by atoms with van der Waals surface area (Å²) in [5.41, 5.74) is 2.11. The number of methoxy groups -OCH3 is 2. The van der Waals surface area contributed by atoms with E-state index in [1.807, 2.05) is 25.1 Å². The molecule has 0 fully saturated rings. The molecule has 1 unspecified atom stereocenters. The second-order valence-corrected chi connectivity index (χ2v) is 5.73. The number of urea groups is 1. The predicted molar refractivity (Wildman–Crippen MR) is 101 cm³/mol. The van der Waals surface area contributed by atoms with Crippen molar-refractivity contribution in [2.24, 2.45) is 0 Å². The Morgan fingerprint density at radius 3 is 2.15 bits per heavy atom. The van der Waals surface area contributed by atoms with E-state index in [0.717, 1.165) is 5.56 Å². The standard InChI is InChI=1S/C19H23N3O4/c1-12(14-6-5-7-15(8-14)21-13(2)23)20-19(24)22-16-9-17(25-3)11-18(10-16)26-4/h5-12H,1-4H3,(H,21,23)(H2,20,22,24). The van der Waals surface area contributed by atoms with Crippen LogP contribution in [-0.2, 0) is 4.79 Å². The van der Waals surface area contributed by atoms with Crippen LogP contribution in [0.5, 0.6) is 11.5 Å². The topological polar surface area (TPSA) is 88.7 Å². The van der Waals surface area contributed by atoms with Gasteiger partial charge >= 0.3 is 6.03 Å². The van der Waals surface area contributed by atoms with E-state index in [1.54, 1.807) is 38.5 Å². The van der Waals surface area contributed by atoms with Crippen LogP contribution in [0, 0.1) is 0 Å². The Morgan fingerprint density at radius 1 is 0.923 bits per heavy atom. The molecule has 7 heteroatoms. The van der Waals surface area contributed by atoms with Crippen LogP contribution in [0.2, 0.25) is 0 Å². The van der Waals surface area contributed by atoms with Crippen LogP contribution in [0.1, 0.15) is 25.5 Å². The minimum Gasteiger partial charge on any atom is -0.497 e. The third-order valence-electron chi connectivity index (χ3n) is 3.66. The van der Waals surface area contributed by atoms with E-state index < -0.39 is 0 Å². The van der Waals surface area contributed by atoms with Gasteiger partial charge in [0.1, 0.15) is 11.5 Å². The van der Waals surface area contributed by atoms with E-state index in [4.69, 9.17) is 9.47 Å². The van der Waals surface area contributed by atoms with Gasteiger partial charge in [0.05, 0.1) is 20.3 Å². The highest BCUT2D eigenvalue weighted by Gasteiger charge is 2.11. The lowest BCUT2D eigenvalue weighted by molar-refractivity contribution is -0.114. The Morgan fingerprint density at radius 2 is 1.58 bits per heavy atom. The first-order chi connectivity index (χ1) is 12.4. The van der Waals surface area contributed by atoms with Crippen molar-refractivity contribution >= 4 is 23.3 Å². The van der Waals surface area contributed by atoms with Gasteiger partial charge in [-0.3, -0.25) is 4.79 Å². The molecule has 0 heterocycles. The lowest BCUT2D eigenvalue weighted by Gasteiger charge is -2.17. The highest BCUT2D eigenvalue weighted by molar-refractivity contribution is 5.90. The third kappa shape index (κ3) is 5.41. The Kier molecular flexibility index (Phi) is 6.43. The van der Waals surface area contributed by atoms with E-state index in [9.17, 15) is 9.59 Å². The SMILES string of the molecule is COc1cc(NC(=O)NC(C)c2cccc(NC(C)=O)c2)cc(OC)c1. The van der Waals surface area contributed by atoms with E-state index in [0.29, 0.717) is 22.9 Å². The zero-order chi connectivity index (χ0) is 19.1. The fourth-order valence-electron chi connectivity index (χ4n) is 2.42. The zero-order valence-electron chi connectivity index (χ0n) is 15.3. The van der Waals surface area contributed by atoms with Crippen LogP contribution >= 0.6 is 0 Å². The molecule has 26 heavy (non-hydrogen) atoms. The molecule has 0 aromatic heterocycles. The van der Waals surface area contributed by atoms with Crippen molar-refractivity contribution < 1.29 is 19.1 Å². The number of rotatable bonds is 6. The molecule has 0 spiro atoms. The molecule has 2 rings (SSSR count). The molecule has 138 valence electrons. The zero-order valence-corrected chi connectivity index (χ0v) is 15.3. The Bertz CT molecular complexity index is 770. The van der Waals surface area contributed by atoms with Crippen molar-refractivity contribution in [2.75, 3.05) is 24.9 Å². The van der Waals surface area contributed by atoms with Crippen molar-refractivity contribution in [1.29, 1.82) is 0 Å². The molecule has 3 amide bonds. The fourth-order valence-corrected chi connectivity index (χ4v) is 2.42. The number of benzene rings is 2. The minimum absolute atomic E-state index is 0.146. The molecule has 0 bridgehead atoms. The van der Waals surface area contributed by atoms with Crippen molar-refractivity contribution in [3.05, 3.63) is 48.0 Å². The van der Waals surface area contributed by atoms with Gasteiger partial charge in [-0.2, -0.15) is 0 Å². The second-order valence-electron chi connectivity index (χ2n) is 5.73. The normalized spacial score (nSPS) is 11.2. The van der Waals surface area contributed by atoms with Gasteiger partial charge in [0, 0.05) is 36.5 Å². The molecule has 0 saturated carbocycles. The quantitative estimate of drug-likeness (QED) is 0.738. The molecule has 1 atom stereocenters. The number of amides is 3.